The average molecular weight is 247 g/mol. The Morgan fingerprint density at radius 1 is 1.22 bits per heavy atom. The second-order valence-electron chi connectivity index (χ2n) is 5.26. The fourth-order valence-corrected chi connectivity index (χ4v) is 1.90. The summed E-state index contributed by atoms with van der Waals surface area (Å²) >= 11 is 0. The lowest BCUT2D eigenvalue weighted by molar-refractivity contribution is 0.0258. The third-order valence-corrected chi connectivity index (χ3v) is 3.11. The highest BCUT2D eigenvalue weighted by molar-refractivity contribution is 5.29. The van der Waals surface area contributed by atoms with Gasteiger partial charge in [-0.05, 0) is 56.7 Å². The first-order chi connectivity index (χ1) is 8.69. The quantitative estimate of drug-likeness (QED) is 0.720. The predicted octanol–water partition coefficient (Wildman–Crippen LogP) is 4.17. The van der Waals surface area contributed by atoms with Crippen molar-refractivity contribution in [2.24, 2.45) is 5.92 Å². The minimum Gasteiger partial charge on any atom is -0.493 e. The van der Waals surface area contributed by atoms with E-state index in [1.54, 1.807) is 0 Å². The Morgan fingerprint density at radius 2 is 1.89 bits per heavy atom. The Hall–Kier alpha value is -1.02. The number of benzene rings is 1. The third-order valence-electron chi connectivity index (χ3n) is 3.11. The van der Waals surface area contributed by atoms with Crippen molar-refractivity contribution in [1.29, 1.82) is 0 Å². The lowest BCUT2D eigenvalue weighted by atomic mass is 10.1. The van der Waals surface area contributed by atoms with Gasteiger partial charge in [0.15, 0.2) is 0 Å². The Balaban J connectivity index is 1.91. The van der Waals surface area contributed by atoms with Crippen LogP contribution in [0.25, 0.3) is 0 Å². The van der Waals surface area contributed by atoms with E-state index in [9.17, 15) is 0 Å². The minimum absolute atomic E-state index is 0.0717. The molecule has 1 aromatic carbocycles. The lowest BCUT2D eigenvalue weighted by Gasteiger charge is -2.19. The van der Waals surface area contributed by atoms with Gasteiger partial charge >= 0.3 is 0 Å². The molecule has 0 spiro atoms. The second kappa shape index (κ2) is 6.24. The van der Waals surface area contributed by atoms with E-state index in [1.165, 1.54) is 18.4 Å². The van der Waals surface area contributed by atoms with Crippen molar-refractivity contribution in [3.8, 4) is 5.75 Å². The molecule has 18 heavy (non-hydrogen) atoms. The van der Waals surface area contributed by atoms with Crippen molar-refractivity contribution >= 4 is 0 Å². The summed E-state index contributed by atoms with van der Waals surface area (Å²) in [5, 5.41) is 0. The van der Waals surface area contributed by atoms with Gasteiger partial charge in [-0.25, -0.2) is 0 Å². The van der Waals surface area contributed by atoms with Crippen molar-refractivity contribution in [3.63, 3.8) is 0 Å². The van der Waals surface area contributed by atoms with E-state index in [4.69, 9.17) is 9.47 Å². The maximum Gasteiger partial charge on any atom is 0.119 e. The van der Waals surface area contributed by atoms with Crippen LogP contribution in [0.3, 0.4) is 0 Å². The molecule has 2 rings (SSSR count). The van der Waals surface area contributed by atoms with Gasteiger partial charge in [-0.15, -0.1) is 0 Å². The molecule has 1 unspecified atom stereocenters. The first kappa shape index (κ1) is 13.4. The zero-order valence-corrected chi connectivity index (χ0v) is 11.6. The predicted molar refractivity (Wildman–Crippen MR) is 73.6 cm³/mol. The molecule has 0 amide bonds. The number of ether oxygens (including phenoxy) is 2. The fourth-order valence-electron chi connectivity index (χ4n) is 1.90. The van der Waals surface area contributed by atoms with Gasteiger partial charge in [-0.2, -0.15) is 0 Å². The van der Waals surface area contributed by atoms with Crippen LogP contribution in [-0.4, -0.2) is 12.7 Å². The summed E-state index contributed by atoms with van der Waals surface area (Å²) in [7, 11) is 0. The summed E-state index contributed by atoms with van der Waals surface area (Å²) in [4.78, 5) is 0. The van der Waals surface area contributed by atoms with E-state index in [1.807, 2.05) is 19.1 Å². The standard InChI is InChI=1S/C16H23O2/c1-4-16(18-12(2)3)14-7-9-15(10-8-14)17-11-13-5-6-13/h4,7-10,12-13,16H,5-6,11H2,1-3H3. The number of rotatable bonds is 7. The van der Waals surface area contributed by atoms with Gasteiger partial charge in [0, 0.05) is 0 Å². The summed E-state index contributed by atoms with van der Waals surface area (Å²) in [5.41, 5.74) is 1.19. The molecule has 0 saturated heterocycles. The second-order valence-corrected chi connectivity index (χ2v) is 5.26. The molecule has 2 heteroatoms. The first-order valence-corrected chi connectivity index (χ1v) is 6.86. The molecule has 1 saturated carbocycles. The molecular formula is C16H23O2. The van der Waals surface area contributed by atoms with E-state index in [2.05, 4.69) is 32.4 Å². The number of hydrogen-bond acceptors (Lipinski definition) is 2. The topological polar surface area (TPSA) is 18.5 Å². The summed E-state index contributed by atoms with van der Waals surface area (Å²) in [5.74, 6) is 1.76. The van der Waals surface area contributed by atoms with Crippen LogP contribution in [0.1, 0.15) is 45.3 Å². The van der Waals surface area contributed by atoms with Crippen LogP contribution in [0.5, 0.6) is 5.75 Å². The van der Waals surface area contributed by atoms with E-state index in [0.717, 1.165) is 18.3 Å². The minimum atomic E-state index is 0.0717. The summed E-state index contributed by atoms with van der Waals surface area (Å²) < 4.78 is 11.6. The van der Waals surface area contributed by atoms with Crippen LogP contribution in [-0.2, 0) is 4.74 Å². The molecular weight excluding hydrogens is 224 g/mol. The van der Waals surface area contributed by atoms with Gasteiger partial charge in [0.05, 0.1) is 18.8 Å². The molecule has 1 atom stereocenters. The van der Waals surface area contributed by atoms with Crippen LogP contribution in [0, 0.1) is 12.3 Å². The molecule has 0 bridgehead atoms. The van der Waals surface area contributed by atoms with Crippen molar-refractivity contribution < 1.29 is 9.47 Å². The number of hydrogen-bond donors (Lipinski definition) is 0. The Bertz CT molecular complexity index is 352. The largest absolute Gasteiger partial charge is 0.493 e. The van der Waals surface area contributed by atoms with E-state index < -0.39 is 0 Å². The van der Waals surface area contributed by atoms with Gasteiger partial charge in [-0.1, -0.05) is 19.1 Å². The molecule has 0 aromatic heterocycles. The van der Waals surface area contributed by atoms with Crippen molar-refractivity contribution in [1.82, 2.24) is 0 Å². The first-order valence-electron chi connectivity index (χ1n) is 6.86. The molecule has 2 nitrogen and oxygen atoms in total. The van der Waals surface area contributed by atoms with Gasteiger partial charge < -0.3 is 9.47 Å². The van der Waals surface area contributed by atoms with Gasteiger partial charge in [0.1, 0.15) is 5.75 Å². The third kappa shape index (κ3) is 4.02. The monoisotopic (exact) mass is 247 g/mol. The Labute approximate surface area is 110 Å². The molecule has 1 aromatic rings. The summed E-state index contributed by atoms with van der Waals surface area (Å²) in [6, 6.07) is 8.26. The molecule has 0 heterocycles. The molecule has 1 radical (unpaired) electrons. The van der Waals surface area contributed by atoms with Gasteiger partial charge in [0.25, 0.3) is 0 Å². The summed E-state index contributed by atoms with van der Waals surface area (Å²) in [6.07, 6.45) is 5.04. The Kier molecular flexibility index (Phi) is 4.65. The van der Waals surface area contributed by atoms with E-state index in [-0.39, 0.29) is 12.2 Å². The fraction of sp³-hybridized carbons (Fsp3) is 0.562. The maximum absolute atomic E-state index is 5.84. The van der Waals surface area contributed by atoms with Crippen molar-refractivity contribution in [3.05, 3.63) is 36.2 Å². The highest BCUT2D eigenvalue weighted by atomic mass is 16.5. The van der Waals surface area contributed by atoms with Crippen LogP contribution < -0.4 is 4.74 Å². The highest BCUT2D eigenvalue weighted by Gasteiger charge is 2.21. The molecule has 0 N–H and O–H groups in total. The normalized spacial score (nSPS) is 16.9. The van der Waals surface area contributed by atoms with Crippen LogP contribution in [0.2, 0.25) is 0 Å². The smallest absolute Gasteiger partial charge is 0.119 e. The molecule has 1 aliphatic carbocycles. The van der Waals surface area contributed by atoms with E-state index >= 15 is 0 Å². The summed E-state index contributed by atoms with van der Waals surface area (Å²) in [6.45, 7) is 7.02. The van der Waals surface area contributed by atoms with Gasteiger partial charge in [0.2, 0.25) is 0 Å². The van der Waals surface area contributed by atoms with Crippen molar-refractivity contribution in [2.75, 3.05) is 6.61 Å². The molecule has 1 aliphatic rings. The molecule has 1 fully saturated rings. The Morgan fingerprint density at radius 3 is 2.39 bits per heavy atom. The molecule has 0 aliphatic heterocycles. The average Bonchev–Trinajstić information content (AvgIpc) is 3.18. The molecule has 99 valence electrons. The highest BCUT2D eigenvalue weighted by Crippen LogP contribution is 2.30. The zero-order chi connectivity index (χ0) is 13.0. The zero-order valence-electron chi connectivity index (χ0n) is 11.6. The van der Waals surface area contributed by atoms with Crippen molar-refractivity contribution in [2.45, 2.75) is 45.8 Å². The van der Waals surface area contributed by atoms with Gasteiger partial charge in [-0.3, -0.25) is 0 Å². The van der Waals surface area contributed by atoms with Crippen LogP contribution >= 0.6 is 0 Å². The van der Waals surface area contributed by atoms with E-state index in [0.29, 0.717) is 0 Å². The van der Waals surface area contributed by atoms with Crippen LogP contribution in [0.15, 0.2) is 24.3 Å². The maximum atomic E-state index is 5.84. The lowest BCUT2D eigenvalue weighted by Crippen LogP contribution is -2.10. The van der Waals surface area contributed by atoms with Crippen LogP contribution in [0.4, 0.5) is 0 Å². The SMILES string of the molecule is C[CH]C(OC(C)C)c1ccc(OCC2CC2)cc1.